The van der Waals surface area contributed by atoms with Crippen molar-refractivity contribution in [3.63, 3.8) is 0 Å². The minimum absolute atomic E-state index is 0.0712. The molecule has 3 heteroatoms. The lowest BCUT2D eigenvalue weighted by molar-refractivity contribution is 0.286. The topological polar surface area (TPSA) is 38.5 Å². The third-order valence-corrected chi connectivity index (χ3v) is 6.38. The summed E-state index contributed by atoms with van der Waals surface area (Å²) in [6.45, 7) is 8.71. The van der Waals surface area contributed by atoms with Gasteiger partial charge in [-0.15, -0.1) is 0 Å². The molecule has 0 aromatic rings. The van der Waals surface area contributed by atoms with Crippen LogP contribution in [0.4, 0.5) is 0 Å². The summed E-state index contributed by atoms with van der Waals surface area (Å²) in [5.41, 5.74) is 5.90. The largest absolute Gasteiger partial charge is 0.408 e. The quantitative estimate of drug-likeness (QED) is 0.486. The maximum atomic E-state index is 5.90. The van der Waals surface area contributed by atoms with Crippen LogP contribution in [0.5, 0.6) is 0 Å². The molecule has 0 spiro atoms. The van der Waals surface area contributed by atoms with Crippen LogP contribution in [0, 0.1) is 0 Å². The van der Waals surface area contributed by atoms with E-state index in [2.05, 4.69) is 26.9 Å². The molecule has 0 aromatic heterocycles. The standard InChI is InChI=1S/C7H17NOSi/c1-5-6(8)7(2)9-10(7,3)4/h6H,5,8H2,1-4H3. The highest BCUT2D eigenvalue weighted by Gasteiger charge is 2.64. The predicted octanol–water partition coefficient (Wildman–Crippen LogP) is 1.26. The molecular formula is C7H17NOSi. The minimum atomic E-state index is -1.32. The van der Waals surface area contributed by atoms with Crippen molar-refractivity contribution in [2.24, 2.45) is 5.73 Å². The second-order valence-electron chi connectivity index (χ2n) is 3.73. The first-order valence-electron chi connectivity index (χ1n) is 3.90. The highest BCUT2D eigenvalue weighted by Crippen LogP contribution is 2.45. The molecule has 1 aliphatic rings. The second-order valence-corrected chi connectivity index (χ2v) is 7.95. The van der Waals surface area contributed by atoms with Gasteiger partial charge in [-0.2, -0.15) is 0 Å². The number of hydrogen-bond donors (Lipinski definition) is 1. The van der Waals surface area contributed by atoms with Crippen LogP contribution >= 0.6 is 0 Å². The Balaban J connectivity index is 2.58. The number of nitrogens with two attached hydrogens (primary N) is 1. The monoisotopic (exact) mass is 159 g/mol. The van der Waals surface area contributed by atoms with Crippen LogP contribution in [-0.2, 0) is 4.43 Å². The van der Waals surface area contributed by atoms with Gasteiger partial charge in [0.2, 0.25) is 8.32 Å². The van der Waals surface area contributed by atoms with Gasteiger partial charge >= 0.3 is 0 Å². The minimum Gasteiger partial charge on any atom is -0.408 e. The maximum absolute atomic E-state index is 5.90. The Bertz CT molecular complexity index is 149. The molecule has 60 valence electrons. The highest BCUT2D eigenvalue weighted by molar-refractivity contribution is 6.82. The fourth-order valence-electron chi connectivity index (χ4n) is 1.42. The van der Waals surface area contributed by atoms with E-state index in [0.717, 1.165) is 6.42 Å². The zero-order chi connectivity index (χ0) is 7.99. The van der Waals surface area contributed by atoms with Crippen LogP contribution in [0.25, 0.3) is 0 Å². The summed E-state index contributed by atoms with van der Waals surface area (Å²) in [5.74, 6) is 0. The Morgan fingerprint density at radius 2 is 2.00 bits per heavy atom. The van der Waals surface area contributed by atoms with Crippen molar-refractivity contribution in [3.8, 4) is 0 Å². The average molecular weight is 159 g/mol. The lowest BCUT2D eigenvalue weighted by Crippen LogP contribution is -2.40. The van der Waals surface area contributed by atoms with E-state index >= 15 is 0 Å². The van der Waals surface area contributed by atoms with Crippen LogP contribution in [0.15, 0.2) is 0 Å². The average Bonchev–Trinajstić information content (AvgIpc) is 2.32. The molecule has 0 aliphatic carbocycles. The second kappa shape index (κ2) is 2.06. The van der Waals surface area contributed by atoms with E-state index in [0.29, 0.717) is 0 Å². The van der Waals surface area contributed by atoms with Crippen molar-refractivity contribution >= 4 is 8.32 Å². The first kappa shape index (κ1) is 8.24. The molecule has 2 atom stereocenters. The van der Waals surface area contributed by atoms with E-state index in [1.54, 1.807) is 0 Å². The fourth-order valence-corrected chi connectivity index (χ4v) is 4.29. The van der Waals surface area contributed by atoms with E-state index in [1.165, 1.54) is 0 Å². The van der Waals surface area contributed by atoms with Crippen LogP contribution in [-0.4, -0.2) is 19.6 Å². The molecule has 0 aromatic carbocycles. The van der Waals surface area contributed by atoms with Gasteiger partial charge < -0.3 is 10.2 Å². The van der Waals surface area contributed by atoms with Crippen molar-refractivity contribution in [2.75, 3.05) is 0 Å². The van der Waals surface area contributed by atoms with Crippen molar-refractivity contribution in [3.05, 3.63) is 0 Å². The third kappa shape index (κ3) is 0.928. The summed E-state index contributed by atoms with van der Waals surface area (Å²) in [6.07, 6.45) is 1.02. The molecule has 0 bridgehead atoms. The lowest BCUT2D eigenvalue weighted by Gasteiger charge is -2.15. The summed E-state index contributed by atoms with van der Waals surface area (Å²) < 4.78 is 5.66. The molecule has 10 heavy (non-hydrogen) atoms. The maximum Gasteiger partial charge on any atom is 0.218 e. The first-order chi connectivity index (χ1) is 4.44. The third-order valence-electron chi connectivity index (χ3n) is 2.77. The Morgan fingerprint density at radius 3 is 2.10 bits per heavy atom. The molecule has 2 unspecified atom stereocenters. The van der Waals surface area contributed by atoms with Crippen molar-refractivity contribution in [1.82, 2.24) is 0 Å². The normalized spacial score (nSPS) is 39.3. The Labute approximate surface area is 63.9 Å². The molecule has 1 saturated heterocycles. The van der Waals surface area contributed by atoms with E-state index in [-0.39, 0.29) is 11.3 Å². The predicted molar refractivity (Wildman–Crippen MR) is 45.2 cm³/mol. The molecule has 1 rings (SSSR count). The Morgan fingerprint density at radius 1 is 1.60 bits per heavy atom. The molecule has 1 heterocycles. The summed E-state index contributed by atoms with van der Waals surface area (Å²) in [6, 6.07) is 0.245. The van der Waals surface area contributed by atoms with Gasteiger partial charge in [0, 0.05) is 6.04 Å². The molecule has 0 amide bonds. The highest BCUT2D eigenvalue weighted by atomic mass is 28.4. The number of hydrogen-bond acceptors (Lipinski definition) is 2. The first-order valence-corrected chi connectivity index (χ1v) is 6.80. The smallest absolute Gasteiger partial charge is 0.218 e. The lowest BCUT2D eigenvalue weighted by atomic mass is 10.1. The number of rotatable bonds is 2. The molecule has 2 N–H and O–H groups in total. The molecular weight excluding hydrogens is 142 g/mol. The van der Waals surface area contributed by atoms with Crippen molar-refractivity contribution < 1.29 is 4.43 Å². The van der Waals surface area contributed by atoms with E-state index in [4.69, 9.17) is 10.2 Å². The van der Waals surface area contributed by atoms with Gasteiger partial charge in [-0.25, -0.2) is 0 Å². The summed E-state index contributed by atoms with van der Waals surface area (Å²) in [4.78, 5) is 0. The zero-order valence-electron chi connectivity index (χ0n) is 7.27. The molecule has 0 radical (unpaired) electrons. The van der Waals surface area contributed by atoms with Crippen LogP contribution in [0.2, 0.25) is 13.1 Å². The van der Waals surface area contributed by atoms with Gasteiger partial charge in [0.15, 0.2) is 0 Å². The molecule has 1 fully saturated rings. The van der Waals surface area contributed by atoms with Gasteiger partial charge in [-0.3, -0.25) is 0 Å². The van der Waals surface area contributed by atoms with E-state index in [9.17, 15) is 0 Å². The van der Waals surface area contributed by atoms with Gasteiger partial charge in [0.05, 0.1) is 5.22 Å². The van der Waals surface area contributed by atoms with Crippen molar-refractivity contribution in [1.29, 1.82) is 0 Å². The van der Waals surface area contributed by atoms with Gasteiger partial charge in [0.1, 0.15) is 0 Å². The zero-order valence-corrected chi connectivity index (χ0v) is 8.27. The summed E-state index contributed by atoms with van der Waals surface area (Å²) in [5, 5.41) is 0.0712. The molecule has 0 saturated carbocycles. The van der Waals surface area contributed by atoms with Crippen LogP contribution in [0.1, 0.15) is 20.3 Å². The summed E-state index contributed by atoms with van der Waals surface area (Å²) >= 11 is 0. The van der Waals surface area contributed by atoms with Crippen molar-refractivity contribution in [2.45, 2.75) is 44.6 Å². The fraction of sp³-hybridized carbons (Fsp3) is 1.00. The van der Waals surface area contributed by atoms with Gasteiger partial charge in [0.25, 0.3) is 0 Å². The Kier molecular flexibility index (Phi) is 1.70. The van der Waals surface area contributed by atoms with Crippen LogP contribution in [0.3, 0.4) is 0 Å². The van der Waals surface area contributed by atoms with Gasteiger partial charge in [-0.05, 0) is 26.4 Å². The van der Waals surface area contributed by atoms with Gasteiger partial charge in [-0.1, -0.05) is 6.92 Å². The van der Waals surface area contributed by atoms with E-state index in [1.807, 2.05) is 0 Å². The molecule has 2 nitrogen and oxygen atoms in total. The Hall–Kier alpha value is 0.137. The molecule has 1 aliphatic heterocycles. The van der Waals surface area contributed by atoms with Crippen LogP contribution < -0.4 is 5.73 Å². The SMILES string of the molecule is CCC(N)C1(C)O[Si]1(C)C. The summed E-state index contributed by atoms with van der Waals surface area (Å²) in [7, 11) is -1.32. The van der Waals surface area contributed by atoms with E-state index < -0.39 is 8.32 Å².